The Bertz CT molecular complexity index is 408. The van der Waals surface area contributed by atoms with E-state index >= 15 is 0 Å². The van der Waals surface area contributed by atoms with Gasteiger partial charge in [-0.05, 0) is 5.56 Å². The van der Waals surface area contributed by atoms with E-state index in [2.05, 4.69) is 4.99 Å². The molecule has 0 bridgehead atoms. The van der Waals surface area contributed by atoms with Gasteiger partial charge in [0.05, 0.1) is 13.1 Å². The fourth-order valence-corrected chi connectivity index (χ4v) is 2.39. The van der Waals surface area contributed by atoms with Crippen LogP contribution in [-0.2, 0) is 6.54 Å². The molecule has 1 aliphatic heterocycles. The standard InChI is InChI=1S/C11H11F3N2S.HI/c12-11(13,14)16(10-15-6-7-17-10)8-9-4-2-1-3-5-9;/h1-5H,6-8H2;1H. The minimum absolute atomic E-state index is 0. The molecule has 18 heavy (non-hydrogen) atoms. The molecule has 2 nitrogen and oxygen atoms in total. The van der Waals surface area contributed by atoms with Crippen LogP contribution in [0.3, 0.4) is 0 Å². The lowest BCUT2D eigenvalue weighted by molar-refractivity contribution is -0.219. The number of alkyl halides is 3. The number of aliphatic imine (C=N–C) groups is 1. The number of benzene rings is 1. The Morgan fingerprint density at radius 3 is 2.39 bits per heavy atom. The Labute approximate surface area is 125 Å². The summed E-state index contributed by atoms with van der Waals surface area (Å²) in [7, 11) is 0. The highest BCUT2D eigenvalue weighted by Gasteiger charge is 2.40. The van der Waals surface area contributed by atoms with Crippen molar-refractivity contribution in [2.75, 3.05) is 12.3 Å². The highest BCUT2D eigenvalue weighted by atomic mass is 127. The van der Waals surface area contributed by atoms with Crippen LogP contribution in [-0.4, -0.2) is 28.7 Å². The molecule has 1 aromatic carbocycles. The van der Waals surface area contributed by atoms with E-state index in [1.807, 2.05) is 0 Å². The van der Waals surface area contributed by atoms with E-state index in [1.165, 1.54) is 0 Å². The van der Waals surface area contributed by atoms with Crippen molar-refractivity contribution in [1.29, 1.82) is 0 Å². The molecule has 0 aromatic heterocycles. The van der Waals surface area contributed by atoms with Crippen molar-refractivity contribution in [1.82, 2.24) is 4.90 Å². The molecular weight excluding hydrogens is 376 g/mol. The van der Waals surface area contributed by atoms with Crippen LogP contribution in [0.15, 0.2) is 35.3 Å². The lowest BCUT2D eigenvalue weighted by Crippen LogP contribution is -2.40. The molecule has 0 atom stereocenters. The van der Waals surface area contributed by atoms with E-state index in [-0.39, 0.29) is 35.7 Å². The summed E-state index contributed by atoms with van der Waals surface area (Å²) < 4.78 is 38.7. The summed E-state index contributed by atoms with van der Waals surface area (Å²) in [4.78, 5) is 4.29. The molecular formula is C11H12F3IN2S. The van der Waals surface area contributed by atoms with Gasteiger partial charge < -0.3 is 0 Å². The van der Waals surface area contributed by atoms with Gasteiger partial charge in [0, 0.05) is 5.75 Å². The summed E-state index contributed by atoms with van der Waals surface area (Å²) in [5, 5.41) is 0.0707. The van der Waals surface area contributed by atoms with Crippen molar-refractivity contribution in [3.05, 3.63) is 35.9 Å². The third-order valence-electron chi connectivity index (χ3n) is 2.29. The first-order valence-corrected chi connectivity index (χ1v) is 6.11. The van der Waals surface area contributed by atoms with E-state index in [0.717, 1.165) is 11.8 Å². The maximum Gasteiger partial charge on any atom is 0.486 e. The molecule has 7 heteroatoms. The van der Waals surface area contributed by atoms with E-state index in [4.69, 9.17) is 0 Å². The predicted octanol–water partition coefficient (Wildman–Crippen LogP) is 3.73. The van der Waals surface area contributed by atoms with Crippen LogP contribution in [0.1, 0.15) is 5.56 Å². The zero-order valence-electron chi connectivity index (χ0n) is 9.35. The molecule has 100 valence electrons. The van der Waals surface area contributed by atoms with Gasteiger partial charge in [0.15, 0.2) is 5.17 Å². The van der Waals surface area contributed by atoms with Gasteiger partial charge in [-0.25, -0.2) is 0 Å². The van der Waals surface area contributed by atoms with Crippen LogP contribution in [0, 0.1) is 0 Å². The Morgan fingerprint density at radius 1 is 1.22 bits per heavy atom. The molecule has 2 rings (SSSR count). The second kappa shape index (κ2) is 6.65. The van der Waals surface area contributed by atoms with Crippen molar-refractivity contribution in [3.8, 4) is 0 Å². The Morgan fingerprint density at radius 2 is 1.89 bits per heavy atom. The van der Waals surface area contributed by atoms with Crippen molar-refractivity contribution in [3.63, 3.8) is 0 Å². The van der Waals surface area contributed by atoms with E-state index in [0.29, 0.717) is 22.8 Å². The highest BCUT2D eigenvalue weighted by molar-refractivity contribution is 14.0. The summed E-state index contributed by atoms with van der Waals surface area (Å²) in [5.74, 6) is 0.622. The average molecular weight is 388 g/mol. The first-order chi connectivity index (χ1) is 8.07. The van der Waals surface area contributed by atoms with Crippen molar-refractivity contribution >= 4 is 40.9 Å². The Hall–Kier alpha value is -0.440. The highest BCUT2D eigenvalue weighted by Crippen LogP contribution is 2.29. The monoisotopic (exact) mass is 388 g/mol. The number of thioether (sulfide) groups is 1. The van der Waals surface area contributed by atoms with Crippen LogP contribution in [0.2, 0.25) is 0 Å². The van der Waals surface area contributed by atoms with Crippen LogP contribution in [0.4, 0.5) is 13.2 Å². The topological polar surface area (TPSA) is 15.6 Å². The van der Waals surface area contributed by atoms with Gasteiger partial charge in [-0.2, -0.15) is 0 Å². The lowest BCUT2D eigenvalue weighted by Gasteiger charge is -2.26. The number of hydrogen-bond donors (Lipinski definition) is 0. The number of nitrogens with zero attached hydrogens (tertiary/aromatic N) is 2. The molecule has 0 spiro atoms. The third kappa shape index (κ3) is 4.04. The van der Waals surface area contributed by atoms with Crippen LogP contribution >= 0.6 is 35.7 Å². The first kappa shape index (κ1) is 15.6. The summed E-state index contributed by atoms with van der Waals surface area (Å²) in [6.07, 6.45) is -4.38. The molecule has 0 radical (unpaired) electrons. The minimum Gasteiger partial charge on any atom is -0.261 e. The summed E-state index contributed by atoms with van der Waals surface area (Å²) >= 11 is 1.15. The molecule has 0 amide bonds. The first-order valence-electron chi connectivity index (χ1n) is 5.13. The molecule has 0 unspecified atom stereocenters. The molecule has 0 aliphatic carbocycles. The number of amidine groups is 1. The normalized spacial score (nSPS) is 14.9. The largest absolute Gasteiger partial charge is 0.486 e. The van der Waals surface area contributed by atoms with Gasteiger partial charge in [0.1, 0.15) is 0 Å². The molecule has 0 saturated heterocycles. The van der Waals surface area contributed by atoms with Crippen LogP contribution in [0.5, 0.6) is 0 Å². The second-order valence-corrected chi connectivity index (χ2v) is 4.61. The molecule has 1 aliphatic rings. The van der Waals surface area contributed by atoms with E-state index in [1.54, 1.807) is 30.3 Å². The summed E-state index contributed by atoms with van der Waals surface area (Å²) in [6.45, 7) is 0.275. The third-order valence-corrected chi connectivity index (χ3v) is 3.28. The predicted molar refractivity (Wildman–Crippen MR) is 78.2 cm³/mol. The van der Waals surface area contributed by atoms with Gasteiger partial charge in [-0.3, -0.25) is 9.89 Å². The molecule has 0 fully saturated rings. The van der Waals surface area contributed by atoms with E-state index in [9.17, 15) is 13.2 Å². The van der Waals surface area contributed by atoms with Crippen molar-refractivity contribution in [2.24, 2.45) is 4.99 Å². The minimum atomic E-state index is -4.38. The number of halogens is 4. The second-order valence-electron chi connectivity index (χ2n) is 3.55. The smallest absolute Gasteiger partial charge is 0.261 e. The van der Waals surface area contributed by atoms with Crippen molar-refractivity contribution < 1.29 is 13.2 Å². The van der Waals surface area contributed by atoms with Crippen LogP contribution < -0.4 is 0 Å². The summed E-state index contributed by atoms with van der Waals surface area (Å²) in [6, 6.07) is 8.60. The van der Waals surface area contributed by atoms with Crippen LogP contribution in [0.25, 0.3) is 0 Å². The lowest BCUT2D eigenvalue weighted by atomic mass is 10.2. The van der Waals surface area contributed by atoms with Gasteiger partial charge >= 0.3 is 6.30 Å². The van der Waals surface area contributed by atoms with Gasteiger partial charge in [0.2, 0.25) is 0 Å². The maximum atomic E-state index is 12.9. The fourth-order valence-electron chi connectivity index (χ4n) is 1.52. The molecule has 0 saturated carbocycles. The Kier molecular flexibility index (Phi) is 5.77. The van der Waals surface area contributed by atoms with Gasteiger partial charge in [-0.1, -0.05) is 42.1 Å². The zero-order valence-corrected chi connectivity index (χ0v) is 12.5. The van der Waals surface area contributed by atoms with E-state index < -0.39 is 6.30 Å². The van der Waals surface area contributed by atoms with Crippen molar-refractivity contribution in [2.45, 2.75) is 12.8 Å². The number of rotatable bonds is 2. The van der Waals surface area contributed by atoms with Gasteiger partial charge in [0.25, 0.3) is 0 Å². The average Bonchev–Trinajstić information content (AvgIpc) is 2.79. The quantitative estimate of drug-likeness (QED) is 0.567. The Balaban J connectivity index is 0.00000162. The molecule has 1 heterocycles. The molecule has 1 aromatic rings. The zero-order chi connectivity index (χ0) is 12.3. The van der Waals surface area contributed by atoms with Gasteiger partial charge in [-0.15, -0.1) is 37.1 Å². The summed E-state index contributed by atoms with van der Waals surface area (Å²) in [5.41, 5.74) is 0.625. The maximum absolute atomic E-state index is 12.9. The fraction of sp³-hybridized carbons (Fsp3) is 0.364. The number of hydrogen-bond acceptors (Lipinski definition) is 3. The molecule has 0 N–H and O–H groups in total. The SMILES string of the molecule is FC(F)(F)N(Cc1ccccc1)C1=NCCS1.I.